The number of ether oxygens (including phenoxy) is 1. The number of aromatic nitrogens is 4. The highest BCUT2D eigenvalue weighted by atomic mass is 32.1. The Labute approximate surface area is 209 Å². The summed E-state index contributed by atoms with van der Waals surface area (Å²) >= 11 is 1.04. The summed E-state index contributed by atoms with van der Waals surface area (Å²) in [6.07, 6.45) is 0. The zero-order valence-corrected chi connectivity index (χ0v) is 19.7. The normalized spacial score (nSPS) is 11.1. The molecule has 186 valence electrons. The highest BCUT2D eigenvalue weighted by Crippen LogP contribution is 2.33. The van der Waals surface area contributed by atoms with E-state index in [4.69, 9.17) is 4.74 Å². The first kappa shape index (κ1) is 23.9. The summed E-state index contributed by atoms with van der Waals surface area (Å²) in [5.74, 6) is -1.66. The molecule has 13 heteroatoms. The van der Waals surface area contributed by atoms with Crippen LogP contribution < -0.4 is 16.0 Å². The van der Waals surface area contributed by atoms with E-state index in [1.165, 1.54) is 55.6 Å². The number of nitro groups is 1. The second-order valence-corrected chi connectivity index (χ2v) is 8.81. The zero-order valence-electron chi connectivity index (χ0n) is 18.9. The molecule has 0 N–H and O–H groups in total. The van der Waals surface area contributed by atoms with E-state index in [1.54, 1.807) is 0 Å². The van der Waals surface area contributed by atoms with Crippen molar-refractivity contribution in [3.8, 4) is 22.1 Å². The van der Waals surface area contributed by atoms with Gasteiger partial charge in [-0.15, -0.1) is 21.5 Å². The van der Waals surface area contributed by atoms with Crippen LogP contribution in [0.25, 0.3) is 26.5 Å². The third-order valence-electron chi connectivity index (χ3n) is 5.62. The van der Waals surface area contributed by atoms with E-state index in [1.807, 2.05) is 0 Å². The number of benzene rings is 2. The third kappa shape index (κ3) is 4.25. The van der Waals surface area contributed by atoms with Crippen molar-refractivity contribution in [2.45, 2.75) is 6.54 Å². The minimum Gasteiger partial charge on any atom is -0.480 e. The molecule has 5 aromatic rings. The molecule has 0 atom stereocenters. The molecule has 37 heavy (non-hydrogen) atoms. The topological polar surface area (TPSA) is 122 Å². The maximum Gasteiger partial charge on any atom is 0.338 e. The van der Waals surface area contributed by atoms with E-state index in [0.29, 0.717) is 10.4 Å². The summed E-state index contributed by atoms with van der Waals surface area (Å²) in [6, 6.07) is 13.3. The molecule has 2 aromatic carbocycles. The van der Waals surface area contributed by atoms with Crippen LogP contribution in [0.2, 0.25) is 0 Å². The number of methoxy groups -OCH3 is 1. The SMILES string of the molecule is COc1ccc(-n2c(=O)c3cc(-c4ccc([N+](=O)[O-])cc4)sc3n(Cc3c(F)cccc3F)c2=O)nn1. The van der Waals surface area contributed by atoms with Crippen LogP contribution in [0.3, 0.4) is 0 Å². The maximum atomic E-state index is 14.5. The quantitative estimate of drug-likeness (QED) is 0.244. The van der Waals surface area contributed by atoms with E-state index >= 15 is 0 Å². The Hall–Kier alpha value is -4.78. The molecule has 0 aliphatic carbocycles. The summed E-state index contributed by atoms with van der Waals surface area (Å²) in [4.78, 5) is 38.2. The number of fused-ring (bicyclic) bond motifs is 1. The standard InChI is InChI=1S/C24H15F2N5O5S/c1-36-21-10-9-20(27-28-21)30-22(32)15-11-19(13-5-7-14(8-6-13)31(34)35)37-23(15)29(24(30)33)12-16-17(25)3-2-4-18(16)26/h2-11H,12H2,1H3. The van der Waals surface area contributed by atoms with E-state index < -0.39 is 34.4 Å². The zero-order chi connectivity index (χ0) is 26.3. The lowest BCUT2D eigenvalue weighted by Gasteiger charge is -2.12. The number of nitrogens with zero attached hydrogens (tertiary/aromatic N) is 5. The van der Waals surface area contributed by atoms with E-state index in [2.05, 4.69) is 10.2 Å². The van der Waals surface area contributed by atoms with Gasteiger partial charge in [0.25, 0.3) is 11.2 Å². The first-order valence-electron chi connectivity index (χ1n) is 10.6. The van der Waals surface area contributed by atoms with Gasteiger partial charge in [0.1, 0.15) is 16.5 Å². The van der Waals surface area contributed by atoms with Crippen molar-refractivity contribution in [1.82, 2.24) is 19.3 Å². The monoisotopic (exact) mass is 523 g/mol. The van der Waals surface area contributed by atoms with E-state index in [-0.39, 0.29) is 33.2 Å². The van der Waals surface area contributed by atoms with Gasteiger partial charge in [-0.1, -0.05) is 6.07 Å². The molecule has 0 unspecified atom stereocenters. The van der Waals surface area contributed by atoms with Crippen molar-refractivity contribution in [1.29, 1.82) is 0 Å². The van der Waals surface area contributed by atoms with Gasteiger partial charge in [0, 0.05) is 28.6 Å². The van der Waals surface area contributed by atoms with Crippen LogP contribution >= 0.6 is 11.3 Å². The lowest BCUT2D eigenvalue weighted by molar-refractivity contribution is -0.384. The van der Waals surface area contributed by atoms with Crippen LogP contribution in [-0.2, 0) is 6.54 Å². The molecular formula is C24H15F2N5O5S. The number of rotatable bonds is 6. The second-order valence-electron chi connectivity index (χ2n) is 7.78. The summed E-state index contributed by atoms with van der Waals surface area (Å²) in [5.41, 5.74) is -1.51. The number of halogens is 2. The lowest BCUT2D eigenvalue weighted by atomic mass is 10.1. The fourth-order valence-electron chi connectivity index (χ4n) is 3.76. The van der Waals surface area contributed by atoms with Crippen molar-refractivity contribution in [2.24, 2.45) is 0 Å². The molecule has 3 aromatic heterocycles. The molecule has 0 radical (unpaired) electrons. The first-order valence-corrected chi connectivity index (χ1v) is 11.5. The molecule has 0 spiro atoms. The van der Waals surface area contributed by atoms with Gasteiger partial charge >= 0.3 is 5.69 Å². The molecule has 0 saturated heterocycles. The van der Waals surface area contributed by atoms with Crippen molar-refractivity contribution in [2.75, 3.05) is 7.11 Å². The summed E-state index contributed by atoms with van der Waals surface area (Å²) < 4.78 is 35.9. The first-order chi connectivity index (χ1) is 17.8. The Morgan fingerprint density at radius 2 is 1.73 bits per heavy atom. The largest absolute Gasteiger partial charge is 0.480 e. The molecule has 0 aliphatic rings. The Morgan fingerprint density at radius 3 is 2.32 bits per heavy atom. The molecule has 0 bridgehead atoms. The number of non-ortho nitro benzene ring substituents is 1. The predicted molar refractivity (Wildman–Crippen MR) is 131 cm³/mol. The van der Waals surface area contributed by atoms with Gasteiger partial charge in [0.2, 0.25) is 5.88 Å². The number of thiophene rings is 1. The molecule has 3 heterocycles. The van der Waals surface area contributed by atoms with Crippen LogP contribution in [0.15, 0.2) is 70.3 Å². The highest BCUT2D eigenvalue weighted by Gasteiger charge is 2.21. The van der Waals surface area contributed by atoms with Gasteiger partial charge < -0.3 is 4.74 Å². The fraction of sp³-hybridized carbons (Fsp3) is 0.0833. The molecule has 0 aliphatic heterocycles. The minimum absolute atomic E-state index is 0.0901. The lowest BCUT2D eigenvalue weighted by Crippen LogP contribution is -2.39. The van der Waals surface area contributed by atoms with E-state index in [0.717, 1.165) is 32.6 Å². The van der Waals surface area contributed by atoms with Gasteiger partial charge in [0.15, 0.2) is 5.82 Å². The molecule has 10 nitrogen and oxygen atoms in total. The summed E-state index contributed by atoms with van der Waals surface area (Å²) in [6.45, 7) is -0.502. The average molecular weight is 523 g/mol. The number of hydrogen-bond donors (Lipinski definition) is 0. The van der Waals surface area contributed by atoms with Gasteiger partial charge in [-0.05, 0) is 42.0 Å². The molecule has 0 saturated carbocycles. The van der Waals surface area contributed by atoms with E-state index in [9.17, 15) is 28.5 Å². The summed E-state index contributed by atoms with van der Waals surface area (Å²) in [7, 11) is 1.38. The highest BCUT2D eigenvalue weighted by molar-refractivity contribution is 7.21. The van der Waals surface area contributed by atoms with Crippen molar-refractivity contribution >= 4 is 27.2 Å². The van der Waals surface area contributed by atoms with Crippen LogP contribution in [0.4, 0.5) is 14.5 Å². The van der Waals surface area contributed by atoms with Gasteiger partial charge in [0.05, 0.1) is 24.0 Å². The fourth-order valence-corrected chi connectivity index (χ4v) is 4.91. The Morgan fingerprint density at radius 1 is 1.03 bits per heavy atom. The Balaban J connectivity index is 1.77. The second kappa shape index (κ2) is 9.35. The number of nitro benzene ring substituents is 1. The molecule has 0 fully saturated rings. The smallest absolute Gasteiger partial charge is 0.338 e. The van der Waals surface area contributed by atoms with Crippen molar-refractivity contribution < 1.29 is 18.4 Å². The van der Waals surface area contributed by atoms with Gasteiger partial charge in [-0.3, -0.25) is 19.5 Å². The maximum absolute atomic E-state index is 14.5. The van der Waals surface area contributed by atoms with Gasteiger partial charge in [-0.2, -0.15) is 0 Å². The molecular weight excluding hydrogens is 508 g/mol. The van der Waals surface area contributed by atoms with Crippen LogP contribution in [-0.4, -0.2) is 31.4 Å². The van der Waals surface area contributed by atoms with Crippen molar-refractivity contribution in [3.05, 3.63) is 109 Å². The third-order valence-corrected chi connectivity index (χ3v) is 6.83. The Kier molecular flexibility index (Phi) is 6.05. The van der Waals surface area contributed by atoms with Crippen LogP contribution in [0, 0.1) is 21.7 Å². The van der Waals surface area contributed by atoms with Crippen molar-refractivity contribution in [3.63, 3.8) is 0 Å². The van der Waals surface area contributed by atoms with Gasteiger partial charge in [-0.25, -0.2) is 18.1 Å². The van der Waals surface area contributed by atoms with Crippen LogP contribution in [0.5, 0.6) is 5.88 Å². The summed E-state index contributed by atoms with van der Waals surface area (Å²) in [5, 5.41) is 18.8. The molecule has 5 rings (SSSR count). The van der Waals surface area contributed by atoms with Crippen LogP contribution in [0.1, 0.15) is 5.56 Å². The molecule has 0 amide bonds. The predicted octanol–water partition coefficient (Wildman–Crippen LogP) is 3.91. The minimum atomic E-state index is -0.878. The average Bonchev–Trinajstić information content (AvgIpc) is 3.34. The number of hydrogen-bond acceptors (Lipinski definition) is 8. The Bertz CT molecular complexity index is 1760.